The summed E-state index contributed by atoms with van der Waals surface area (Å²) in [6.07, 6.45) is -0.575. The number of hydrogen-bond donors (Lipinski definition) is 1. The summed E-state index contributed by atoms with van der Waals surface area (Å²) in [6, 6.07) is 8.56. The second-order valence-corrected chi connectivity index (χ2v) is 4.62. The lowest BCUT2D eigenvalue weighted by atomic mass is 10.1. The van der Waals surface area contributed by atoms with Crippen molar-refractivity contribution in [3.8, 4) is 0 Å². The van der Waals surface area contributed by atoms with Crippen LogP contribution in [0.15, 0.2) is 35.3 Å². The first kappa shape index (κ1) is 12.6. The molecule has 94 valence electrons. The molecule has 1 aromatic carbocycles. The van der Waals surface area contributed by atoms with Crippen molar-refractivity contribution in [3.63, 3.8) is 0 Å². The quantitative estimate of drug-likeness (QED) is 0.825. The van der Waals surface area contributed by atoms with Crippen LogP contribution in [0.5, 0.6) is 0 Å². The van der Waals surface area contributed by atoms with Crippen LogP contribution < -0.4 is 5.32 Å². The molecule has 0 bridgehead atoms. The molecule has 18 heavy (non-hydrogen) atoms. The minimum Gasteiger partial charge on any atom is -0.453 e. The molecule has 0 radical (unpaired) electrons. The number of nitrogens with one attached hydrogen (secondary N) is 1. The van der Waals surface area contributed by atoms with Gasteiger partial charge in [-0.15, -0.1) is 0 Å². The maximum Gasteiger partial charge on any atom is 0.412 e. The molecule has 1 N–H and O–H groups in total. The number of methoxy groups -OCH3 is 1. The van der Waals surface area contributed by atoms with E-state index in [9.17, 15) is 9.59 Å². The zero-order chi connectivity index (χ0) is 13.0. The molecule has 1 heterocycles. The van der Waals surface area contributed by atoms with Crippen molar-refractivity contribution in [2.24, 2.45) is 4.99 Å². The first-order valence-electron chi connectivity index (χ1n) is 5.35. The number of amidine groups is 1. The van der Waals surface area contributed by atoms with Crippen LogP contribution in [0.25, 0.3) is 0 Å². The van der Waals surface area contributed by atoms with Gasteiger partial charge in [0.1, 0.15) is 6.04 Å². The summed E-state index contributed by atoms with van der Waals surface area (Å²) in [5.41, 5.74) is 0.631. The molecule has 6 heteroatoms. The Hall–Kier alpha value is -1.82. The smallest absolute Gasteiger partial charge is 0.412 e. The van der Waals surface area contributed by atoms with Gasteiger partial charge < -0.3 is 4.74 Å². The molecular weight excluding hydrogens is 252 g/mol. The van der Waals surface area contributed by atoms with Crippen LogP contribution in [-0.2, 0) is 4.74 Å². The predicted octanol–water partition coefficient (Wildman–Crippen LogP) is 1.70. The Balaban J connectivity index is 2.04. The van der Waals surface area contributed by atoms with Crippen molar-refractivity contribution in [1.29, 1.82) is 0 Å². The highest BCUT2D eigenvalue weighted by molar-refractivity contribution is 8.14. The number of ether oxygens (including phenoxy) is 1. The van der Waals surface area contributed by atoms with Crippen LogP contribution in [0.3, 0.4) is 0 Å². The van der Waals surface area contributed by atoms with Gasteiger partial charge in [-0.2, -0.15) is 0 Å². The van der Waals surface area contributed by atoms with Crippen LogP contribution in [-0.4, -0.2) is 35.9 Å². The van der Waals surface area contributed by atoms with Gasteiger partial charge in [0.25, 0.3) is 0 Å². The van der Waals surface area contributed by atoms with E-state index in [-0.39, 0.29) is 5.78 Å². The Kier molecular flexibility index (Phi) is 3.99. The van der Waals surface area contributed by atoms with Crippen molar-refractivity contribution in [2.75, 3.05) is 12.9 Å². The molecule has 0 saturated heterocycles. The maximum absolute atomic E-state index is 12.1. The summed E-state index contributed by atoms with van der Waals surface area (Å²) in [4.78, 5) is 27.3. The average Bonchev–Trinajstić information content (AvgIpc) is 2.87. The Morgan fingerprint density at radius 3 is 2.78 bits per heavy atom. The summed E-state index contributed by atoms with van der Waals surface area (Å²) in [5, 5.41) is 2.89. The SMILES string of the molecule is COC(=O)NC1=NC(C(=O)c2ccccc2)CS1. The zero-order valence-electron chi connectivity index (χ0n) is 9.75. The zero-order valence-corrected chi connectivity index (χ0v) is 10.6. The van der Waals surface area contributed by atoms with Crippen LogP contribution in [0.4, 0.5) is 4.79 Å². The first-order valence-corrected chi connectivity index (χ1v) is 6.34. The molecule has 5 nitrogen and oxygen atoms in total. The van der Waals surface area contributed by atoms with Gasteiger partial charge in [-0.05, 0) is 0 Å². The number of rotatable bonds is 2. The van der Waals surface area contributed by atoms with Gasteiger partial charge in [-0.25, -0.2) is 9.79 Å². The highest BCUT2D eigenvalue weighted by atomic mass is 32.2. The lowest BCUT2D eigenvalue weighted by Gasteiger charge is -2.03. The van der Waals surface area contributed by atoms with Crippen molar-refractivity contribution >= 4 is 28.8 Å². The number of benzene rings is 1. The number of hydrogen-bond acceptors (Lipinski definition) is 5. The first-order chi connectivity index (χ1) is 8.70. The van der Waals surface area contributed by atoms with Crippen molar-refractivity contribution in [1.82, 2.24) is 5.32 Å². The minimum atomic E-state index is -0.575. The molecule has 1 unspecified atom stereocenters. The normalized spacial score (nSPS) is 18.1. The van der Waals surface area contributed by atoms with Crippen LogP contribution in [0, 0.1) is 0 Å². The predicted molar refractivity (Wildman–Crippen MR) is 70.0 cm³/mol. The van der Waals surface area contributed by atoms with Crippen LogP contribution in [0.2, 0.25) is 0 Å². The largest absolute Gasteiger partial charge is 0.453 e. The van der Waals surface area contributed by atoms with E-state index in [2.05, 4.69) is 15.0 Å². The third-order valence-corrected chi connectivity index (χ3v) is 3.37. The third kappa shape index (κ3) is 2.89. The van der Waals surface area contributed by atoms with E-state index in [1.165, 1.54) is 18.9 Å². The monoisotopic (exact) mass is 264 g/mol. The summed E-state index contributed by atoms with van der Waals surface area (Å²) in [5.74, 6) is 0.498. The van der Waals surface area contributed by atoms with Crippen LogP contribution >= 0.6 is 11.8 Å². The topological polar surface area (TPSA) is 67.8 Å². The Morgan fingerprint density at radius 2 is 2.11 bits per heavy atom. The number of nitrogens with zero attached hydrogens (tertiary/aromatic N) is 1. The van der Waals surface area contributed by atoms with Gasteiger partial charge in [-0.3, -0.25) is 10.1 Å². The Labute approximate surface area is 109 Å². The minimum absolute atomic E-state index is 0.0373. The molecule has 1 aromatic rings. The van der Waals surface area contributed by atoms with Gasteiger partial charge in [0.05, 0.1) is 7.11 Å². The van der Waals surface area contributed by atoms with Gasteiger partial charge in [-0.1, -0.05) is 42.1 Å². The van der Waals surface area contributed by atoms with Crippen molar-refractivity contribution in [3.05, 3.63) is 35.9 Å². The highest BCUT2D eigenvalue weighted by Gasteiger charge is 2.26. The molecule has 0 saturated carbocycles. The van der Waals surface area contributed by atoms with E-state index in [0.717, 1.165) is 0 Å². The summed E-state index contributed by atoms with van der Waals surface area (Å²) < 4.78 is 4.46. The lowest BCUT2D eigenvalue weighted by Crippen LogP contribution is -2.27. The summed E-state index contributed by atoms with van der Waals surface area (Å²) >= 11 is 1.33. The fourth-order valence-corrected chi connectivity index (χ4v) is 2.41. The van der Waals surface area contributed by atoms with E-state index in [1.54, 1.807) is 12.1 Å². The molecule has 0 spiro atoms. The average molecular weight is 264 g/mol. The number of ketones is 1. The van der Waals surface area contributed by atoms with Gasteiger partial charge in [0, 0.05) is 11.3 Å². The molecule has 1 aliphatic rings. The molecule has 2 rings (SSSR count). The Bertz CT molecular complexity index is 487. The number of carbonyl (C=O) groups excluding carboxylic acids is 2. The fraction of sp³-hybridized carbons (Fsp3) is 0.250. The maximum atomic E-state index is 12.1. The fourth-order valence-electron chi connectivity index (χ4n) is 1.51. The van der Waals surface area contributed by atoms with Gasteiger partial charge >= 0.3 is 6.09 Å². The number of thioether (sulfide) groups is 1. The van der Waals surface area contributed by atoms with Crippen LogP contribution in [0.1, 0.15) is 10.4 Å². The Morgan fingerprint density at radius 1 is 1.39 bits per heavy atom. The number of Topliss-reactive ketones (excluding diaryl/α,β-unsaturated/α-hetero) is 1. The molecule has 1 amide bonds. The molecule has 0 aliphatic carbocycles. The molecule has 0 aromatic heterocycles. The summed E-state index contributed by atoms with van der Waals surface area (Å²) in [6.45, 7) is 0. The van der Waals surface area contributed by atoms with E-state index >= 15 is 0 Å². The molecular formula is C12H12N2O3S. The molecule has 1 aliphatic heterocycles. The van der Waals surface area contributed by atoms with E-state index in [4.69, 9.17) is 0 Å². The summed E-state index contributed by atoms with van der Waals surface area (Å²) in [7, 11) is 1.28. The molecule has 0 fully saturated rings. The van der Waals surface area contributed by atoms with Gasteiger partial charge in [0.15, 0.2) is 11.0 Å². The number of alkyl carbamates (subject to hydrolysis) is 1. The van der Waals surface area contributed by atoms with E-state index in [0.29, 0.717) is 16.5 Å². The van der Waals surface area contributed by atoms with E-state index < -0.39 is 12.1 Å². The second-order valence-electron chi connectivity index (χ2n) is 3.61. The number of aliphatic imine (C=N–C) groups is 1. The number of carbonyl (C=O) groups is 2. The van der Waals surface area contributed by atoms with Gasteiger partial charge in [0.2, 0.25) is 0 Å². The van der Waals surface area contributed by atoms with Crippen molar-refractivity contribution < 1.29 is 14.3 Å². The lowest BCUT2D eigenvalue weighted by molar-refractivity contribution is 0.0971. The van der Waals surface area contributed by atoms with E-state index in [1.807, 2.05) is 18.2 Å². The van der Waals surface area contributed by atoms with Crippen molar-refractivity contribution in [2.45, 2.75) is 6.04 Å². The number of amides is 1. The second kappa shape index (κ2) is 5.68. The standard InChI is InChI=1S/C12H12N2O3S/c1-17-12(16)14-11-13-9(7-18-11)10(15)8-5-3-2-4-6-8/h2-6,9H,7H2,1H3,(H,13,14,16). The highest BCUT2D eigenvalue weighted by Crippen LogP contribution is 2.20. The molecule has 1 atom stereocenters. The third-order valence-electron chi connectivity index (χ3n) is 2.41.